The Morgan fingerprint density at radius 2 is 1.73 bits per heavy atom. The summed E-state index contributed by atoms with van der Waals surface area (Å²) in [5.74, 6) is -3.65. The van der Waals surface area contributed by atoms with Gasteiger partial charge in [0, 0.05) is 12.4 Å². The molecule has 1 aromatic rings. The van der Waals surface area contributed by atoms with Gasteiger partial charge in [0.1, 0.15) is 0 Å². The van der Waals surface area contributed by atoms with E-state index in [9.17, 15) is 18.0 Å². The van der Waals surface area contributed by atoms with Gasteiger partial charge in [0.25, 0.3) is 0 Å². The highest BCUT2D eigenvalue weighted by atomic mass is 19.4. The van der Waals surface area contributed by atoms with E-state index in [1.54, 1.807) is 6.20 Å². The van der Waals surface area contributed by atoms with Crippen LogP contribution in [0.25, 0.3) is 0 Å². The highest BCUT2D eigenvalue weighted by Gasteiger charge is 2.38. The second-order valence-corrected chi connectivity index (χ2v) is 2.21. The van der Waals surface area contributed by atoms with Crippen molar-refractivity contribution >= 4 is 11.9 Å². The minimum absolute atomic E-state index is 0.296. The Kier molecular flexibility index (Phi) is 4.36. The molecule has 15 heavy (non-hydrogen) atoms. The van der Waals surface area contributed by atoms with Crippen molar-refractivity contribution in [3.05, 3.63) is 24.0 Å². The van der Waals surface area contributed by atoms with Crippen LogP contribution in [0.15, 0.2) is 18.5 Å². The smallest absolute Gasteiger partial charge is 0.478 e. The van der Waals surface area contributed by atoms with E-state index >= 15 is 0 Å². The summed E-state index contributed by atoms with van der Waals surface area (Å²) in [5.41, 5.74) is 0.296. The summed E-state index contributed by atoms with van der Waals surface area (Å²) in [6.45, 7) is 0. The summed E-state index contributed by atoms with van der Waals surface area (Å²) in [4.78, 5) is 21.6. The number of halogens is 3. The number of hydrogen-bond acceptors (Lipinski definition) is 2. The summed E-state index contributed by atoms with van der Waals surface area (Å²) in [6, 6.07) is 1.50. The second-order valence-electron chi connectivity index (χ2n) is 2.21. The van der Waals surface area contributed by atoms with Gasteiger partial charge in [-0.2, -0.15) is 13.2 Å². The number of hydrogen-bond donors (Lipinski definition) is 3. The topological polar surface area (TPSA) is 90.4 Å². The Morgan fingerprint density at radius 1 is 1.27 bits per heavy atom. The third-order valence-corrected chi connectivity index (χ3v) is 1.09. The van der Waals surface area contributed by atoms with Crippen LogP contribution in [0.4, 0.5) is 13.2 Å². The highest BCUT2D eigenvalue weighted by Crippen LogP contribution is 2.13. The molecule has 0 aromatic carbocycles. The van der Waals surface area contributed by atoms with Gasteiger partial charge in [0.15, 0.2) is 0 Å². The maximum Gasteiger partial charge on any atom is 0.490 e. The van der Waals surface area contributed by atoms with Crippen LogP contribution < -0.4 is 0 Å². The molecular weight excluding hydrogens is 219 g/mol. The van der Waals surface area contributed by atoms with Gasteiger partial charge in [-0.3, -0.25) is 0 Å². The molecule has 0 bridgehead atoms. The maximum absolute atomic E-state index is 10.6. The fourth-order valence-corrected chi connectivity index (χ4v) is 0.457. The first-order valence-corrected chi connectivity index (χ1v) is 3.41. The van der Waals surface area contributed by atoms with E-state index in [-0.39, 0.29) is 0 Å². The van der Waals surface area contributed by atoms with Crippen LogP contribution in [-0.4, -0.2) is 33.3 Å². The van der Waals surface area contributed by atoms with Gasteiger partial charge in [-0.25, -0.2) is 9.59 Å². The van der Waals surface area contributed by atoms with Gasteiger partial charge < -0.3 is 15.2 Å². The predicted molar refractivity (Wildman–Crippen MR) is 41.4 cm³/mol. The Balaban J connectivity index is 0.000000265. The maximum atomic E-state index is 10.6. The molecule has 0 saturated carbocycles. The fraction of sp³-hybridized carbons (Fsp3) is 0.143. The van der Waals surface area contributed by atoms with Gasteiger partial charge in [-0.15, -0.1) is 0 Å². The zero-order valence-electron chi connectivity index (χ0n) is 7.08. The molecule has 5 nitrogen and oxygen atoms in total. The standard InChI is InChI=1S/C5H5NO2.C2HF3O2/c7-5(8)4-1-2-6-3-4;3-2(4,5)1(6)7/h1-3,6H,(H,7,8);(H,6,7). The lowest BCUT2D eigenvalue weighted by Crippen LogP contribution is -2.21. The average molecular weight is 225 g/mol. The normalized spacial score (nSPS) is 10.1. The second kappa shape index (κ2) is 5.03. The summed E-state index contributed by atoms with van der Waals surface area (Å²) in [7, 11) is 0. The Hall–Kier alpha value is -1.99. The Labute approximate surface area is 81.1 Å². The molecule has 1 heterocycles. The van der Waals surface area contributed by atoms with Crippen LogP contribution in [0.5, 0.6) is 0 Å². The van der Waals surface area contributed by atoms with Gasteiger partial charge in [-0.05, 0) is 6.07 Å². The summed E-state index contributed by atoms with van der Waals surface area (Å²) in [5, 5.41) is 15.4. The first-order valence-electron chi connectivity index (χ1n) is 3.41. The molecule has 3 N–H and O–H groups in total. The number of rotatable bonds is 1. The minimum atomic E-state index is -5.08. The van der Waals surface area contributed by atoms with Crippen molar-refractivity contribution in [2.75, 3.05) is 0 Å². The molecule has 8 heteroatoms. The molecule has 0 spiro atoms. The van der Waals surface area contributed by atoms with E-state index in [1.807, 2.05) is 0 Å². The van der Waals surface area contributed by atoms with Crippen LogP contribution >= 0.6 is 0 Å². The molecule has 1 aromatic heterocycles. The van der Waals surface area contributed by atoms with Crippen molar-refractivity contribution in [2.45, 2.75) is 6.18 Å². The number of aromatic nitrogens is 1. The van der Waals surface area contributed by atoms with Gasteiger partial charge >= 0.3 is 18.1 Å². The lowest BCUT2D eigenvalue weighted by Gasteiger charge is -1.93. The number of nitrogens with one attached hydrogen (secondary N) is 1. The molecule has 0 saturated heterocycles. The SMILES string of the molecule is O=C(O)C(F)(F)F.O=C(O)c1cc[nH]c1. The third-order valence-electron chi connectivity index (χ3n) is 1.09. The zero-order valence-corrected chi connectivity index (χ0v) is 7.08. The molecule has 0 amide bonds. The predicted octanol–water partition coefficient (Wildman–Crippen LogP) is 1.35. The molecule has 0 aliphatic heterocycles. The largest absolute Gasteiger partial charge is 0.490 e. The third kappa shape index (κ3) is 5.34. The van der Waals surface area contributed by atoms with E-state index in [1.165, 1.54) is 12.3 Å². The molecule has 0 radical (unpaired) electrons. The van der Waals surface area contributed by atoms with Crippen LogP contribution in [0, 0.1) is 0 Å². The molecule has 84 valence electrons. The summed E-state index contributed by atoms with van der Waals surface area (Å²) < 4.78 is 31.7. The number of alkyl halides is 3. The first-order chi connectivity index (χ1) is 6.75. The van der Waals surface area contributed by atoms with Gasteiger partial charge in [-0.1, -0.05) is 0 Å². The lowest BCUT2D eigenvalue weighted by molar-refractivity contribution is -0.192. The summed E-state index contributed by atoms with van der Waals surface area (Å²) in [6.07, 6.45) is -2.08. The van der Waals surface area contributed by atoms with E-state index < -0.39 is 18.1 Å². The number of carboxylic acids is 2. The minimum Gasteiger partial charge on any atom is -0.478 e. The Morgan fingerprint density at radius 3 is 1.87 bits per heavy atom. The van der Waals surface area contributed by atoms with Gasteiger partial charge in [0.05, 0.1) is 5.56 Å². The number of aliphatic carboxylic acids is 1. The summed E-state index contributed by atoms with van der Waals surface area (Å²) >= 11 is 0. The molecule has 0 atom stereocenters. The zero-order chi connectivity index (χ0) is 12.1. The molecular formula is C7H6F3NO4. The number of aromatic amines is 1. The lowest BCUT2D eigenvalue weighted by atomic mass is 10.4. The van der Waals surface area contributed by atoms with Crippen molar-refractivity contribution in [3.8, 4) is 0 Å². The molecule has 0 unspecified atom stereocenters. The number of H-pyrrole nitrogens is 1. The quantitative estimate of drug-likeness (QED) is 0.672. The highest BCUT2D eigenvalue weighted by molar-refractivity contribution is 5.87. The van der Waals surface area contributed by atoms with Crippen molar-refractivity contribution in [2.24, 2.45) is 0 Å². The van der Waals surface area contributed by atoms with Crippen molar-refractivity contribution in [1.82, 2.24) is 4.98 Å². The molecule has 0 fully saturated rings. The molecule has 0 aliphatic rings. The van der Waals surface area contributed by atoms with Crippen molar-refractivity contribution < 1.29 is 33.0 Å². The number of aromatic carboxylic acids is 1. The van der Waals surface area contributed by atoms with E-state index in [0.717, 1.165) is 0 Å². The van der Waals surface area contributed by atoms with Crippen molar-refractivity contribution in [1.29, 1.82) is 0 Å². The van der Waals surface area contributed by atoms with Crippen LogP contribution in [-0.2, 0) is 4.79 Å². The van der Waals surface area contributed by atoms with E-state index in [0.29, 0.717) is 5.56 Å². The molecule has 0 aliphatic carbocycles. The first kappa shape index (κ1) is 13.0. The van der Waals surface area contributed by atoms with Crippen LogP contribution in [0.1, 0.15) is 10.4 Å². The molecule has 1 rings (SSSR count). The van der Waals surface area contributed by atoms with Crippen molar-refractivity contribution in [3.63, 3.8) is 0 Å². The fourth-order valence-electron chi connectivity index (χ4n) is 0.457. The van der Waals surface area contributed by atoms with Crippen LogP contribution in [0.2, 0.25) is 0 Å². The number of carboxylic acid groups (broad SMARTS) is 2. The number of carbonyl (C=O) groups is 2. The monoisotopic (exact) mass is 225 g/mol. The van der Waals surface area contributed by atoms with Crippen LogP contribution in [0.3, 0.4) is 0 Å². The average Bonchev–Trinajstić information content (AvgIpc) is 2.54. The van der Waals surface area contributed by atoms with E-state index in [2.05, 4.69) is 4.98 Å². The Bertz CT molecular complexity index is 331. The van der Waals surface area contributed by atoms with E-state index in [4.69, 9.17) is 15.0 Å². The van der Waals surface area contributed by atoms with Gasteiger partial charge in [0.2, 0.25) is 0 Å².